The van der Waals surface area contributed by atoms with Gasteiger partial charge in [0.15, 0.2) is 0 Å². The Morgan fingerprint density at radius 3 is 0.889 bits per heavy atom. The average molecular weight is 1260 g/mol. The summed E-state index contributed by atoms with van der Waals surface area (Å²) < 4.78 is 5.49. The van der Waals surface area contributed by atoms with E-state index >= 15 is 0 Å². The summed E-state index contributed by atoms with van der Waals surface area (Å²) in [5.74, 6) is -0.0525. The largest absolute Gasteiger partial charge is 0.466 e. The normalized spacial score (nSPS) is 12.7. The summed E-state index contributed by atoms with van der Waals surface area (Å²) >= 11 is 0. The molecule has 0 aliphatic rings. The van der Waals surface area contributed by atoms with Crippen LogP contribution in [0.3, 0.4) is 0 Å². The van der Waals surface area contributed by atoms with Crippen molar-refractivity contribution in [1.29, 1.82) is 0 Å². The first-order valence-electron chi connectivity index (χ1n) is 40.9. The number of rotatable bonds is 77. The van der Waals surface area contributed by atoms with Crippen molar-refractivity contribution in [1.82, 2.24) is 5.32 Å². The second-order valence-corrected chi connectivity index (χ2v) is 28.1. The number of aliphatic hydroxyl groups is 2. The fourth-order valence-electron chi connectivity index (χ4n) is 12.8. The van der Waals surface area contributed by atoms with Crippen LogP contribution in [0.4, 0.5) is 0 Å². The van der Waals surface area contributed by atoms with Crippen LogP contribution >= 0.6 is 0 Å². The van der Waals surface area contributed by atoms with Gasteiger partial charge in [0.25, 0.3) is 0 Å². The number of carbonyl (C=O) groups excluding carboxylic acids is 2. The summed E-state index contributed by atoms with van der Waals surface area (Å²) in [6.07, 6.45) is 105. The molecule has 0 bridgehead atoms. The van der Waals surface area contributed by atoms with Crippen LogP contribution in [0.5, 0.6) is 0 Å². The van der Waals surface area contributed by atoms with Gasteiger partial charge in [0.2, 0.25) is 5.91 Å². The summed E-state index contributed by atoms with van der Waals surface area (Å²) in [6, 6.07) is -0.626. The molecule has 0 fully saturated rings. The molecule has 0 aromatic rings. The molecule has 3 N–H and O–H groups in total. The highest BCUT2D eigenvalue weighted by atomic mass is 16.5. The Kier molecular flexibility index (Phi) is 77.3. The topological polar surface area (TPSA) is 95.9 Å². The van der Waals surface area contributed by atoms with Crippen LogP contribution in [0.1, 0.15) is 450 Å². The Bertz CT molecular complexity index is 1500. The molecule has 6 heteroatoms. The van der Waals surface area contributed by atoms with Gasteiger partial charge in [-0.2, -0.15) is 0 Å². The third-order valence-electron chi connectivity index (χ3n) is 19.1. The van der Waals surface area contributed by atoms with Gasteiger partial charge < -0.3 is 20.3 Å². The highest BCUT2D eigenvalue weighted by molar-refractivity contribution is 5.76. The van der Waals surface area contributed by atoms with E-state index in [-0.39, 0.29) is 18.5 Å². The van der Waals surface area contributed by atoms with Gasteiger partial charge in [-0.05, 0) is 83.5 Å². The smallest absolute Gasteiger partial charge is 0.305 e. The number of aliphatic hydroxyl groups excluding tert-OH is 2. The Morgan fingerprint density at radius 2 is 0.567 bits per heavy atom. The molecule has 90 heavy (non-hydrogen) atoms. The van der Waals surface area contributed by atoms with Gasteiger partial charge in [-0.15, -0.1) is 0 Å². The number of nitrogens with one attached hydrogen (secondary N) is 1. The molecule has 0 rings (SSSR count). The van der Waals surface area contributed by atoms with Crippen LogP contribution in [-0.2, 0) is 14.3 Å². The quantitative estimate of drug-likeness (QED) is 0.0320. The Balaban J connectivity index is 3.36. The Hall–Kier alpha value is -2.18. The molecule has 0 radical (unpaired) electrons. The predicted molar refractivity (Wildman–Crippen MR) is 398 cm³/mol. The van der Waals surface area contributed by atoms with Crippen LogP contribution < -0.4 is 5.32 Å². The van der Waals surface area contributed by atoms with Gasteiger partial charge in [-0.25, -0.2) is 0 Å². The highest BCUT2D eigenvalue weighted by Crippen LogP contribution is 2.20. The number of amides is 1. The lowest BCUT2D eigenvalue weighted by Gasteiger charge is -2.20. The SMILES string of the molecule is CCCC/C=C\C/C=C\CCCCCCCC(=O)OCCCCCCCCCCCCCCCCCC/C=C\CCCCCCCCCCCCCCCCCCCC(=O)NC(CO)C(O)/C=C/CCCCCCCCCCCCCCCCCCCCCC. The molecule has 0 aliphatic heterocycles. The lowest BCUT2D eigenvalue weighted by atomic mass is 10.0. The van der Waals surface area contributed by atoms with Gasteiger partial charge in [0.1, 0.15) is 0 Å². The van der Waals surface area contributed by atoms with Crippen LogP contribution in [0.2, 0.25) is 0 Å². The minimum Gasteiger partial charge on any atom is -0.466 e. The fourth-order valence-corrected chi connectivity index (χ4v) is 12.8. The van der Waals surface area contributed by atoms with E-state index in [9.17, 15) is 19.8 Å². The lowest BCUT2D eigenvalue weighted by molar-refractivity contribution is -0.143. The lowest BCUT2D eigenvalue weighted by Crippen LogP contribution is -2.45. The molecule has 530 valence electrons. The number of hydrogen-bond acceptors (Lipinski definition) is 5. The molecule has 6 nitrogen and oxygen atoms in total. The van der Waals surface area contributed by atoms with Crippen molar-refractivity contribution in [2.45, 2.75) is 463 Å². The van der Waals surface area contributed by atoms with Crippen molar-refractivity contribution in [3.8, 4) is 0 Å². The van der Waals surface area contributed by atoms with Crippen LogP contribution in [0, 0.1) is 0 Å². The molecule has 1 amide bonds. The fraction of sp³-hybridized carbons (Fsp3) is 0.881. The zero-order valence-corrected chi connectivity index (χ0v) is 60.9. The second kappa shape index (κ2) is 79.3. The molecular formula is C84H159NO5. The van der Waals surface area contributed by atoms with Crippen LogP contribution in [0.15, 0.2) is 48.6 Å². The summed E-state index contributed by atoms with van der Waals surface area (Å²) in [6.45, 7) is 4.90. The summed E-state index contributed by atoms with van der Waals surface area (Å²) in [5, 5.41) is 23.3. The van der Waals surface area contributed by atoms with Crippen LogP contribution in [-0.4, -0.2) is 47.4 Å². The van der Waals surface area contributed by atoms with Crippen molar-refractivity contribution < 1.29 is 24.5 Å². The standard InChI is InChI=1S/C84H159NO5/c1-3-5-7-9-11-13-15-17-19-20-21-22-40-43-46-49-52-56-60-64-68-72-76-82(87)81(80-86)85-83(88)77-73-69-65-61-57-53-50-47-44-41-38-36-34-32-30-28-26-24-23-25-27-29-31-33-35-37-39-42-45-48-51-55-59-63-67-71-75-79-90-84(89)78-74-70-66-62-58-54-18-16-14-12-10-8-6-4-2/h10,12,16,18,23,25,72,76,81-82,86-87H,3-9,11,13-15,17,19-22,24,26-71,73-75,77-80H2,1-2H3,(H,85,88)/b12-10-,18-16-,25-23-,76-72+. The Labute approximate surface area is 563 Å². The molecule has 0 saturated heterocycles. The van der Waals surface area contributed by atoms with Gasteiger partial charge in [-0.3, -0.25) is 9.59 Å². The second-order valence-electron chi connectivity index (χ2n) is 28.1. The first-order valence-corrected chi connectivity index (χ1v) is 40.9. The average Bonchev–Trinajstić information content (AvgIpc) is 3.68. The van der Waals surface area contributed by atoms with E-state index in [1.165, 1.54) is 372 Å². The number of ether oxygens (including phenoxy) is 1. The van der Waals surface area contributed by atoms with E-state index in [1.807, 2.05) is 6.08 Å². The maximum absolute atomic E-state index is 12.6. The molecule has 0 spiro atoms. The van der Waals surface area contributed by atoms with Crippen molar-refractivity contribution >= 4 is 11.9 Å². The molecule has 0 saturated carbocycles. The summed E-state index contributed by atoms with van der Waals surface area (Å²) in [4.78, 5) is 24.6. The molecule has 0 aromatic heterocycles. The predicted octanol–water partition coefficient (Wildman–Crippen LogP) is 27.2. The number of unbranched alkanes of at least 4 members (excludes halogenated alkanes) is 60. The van der Waals surface area contributed by atoms with Gasteiger partial charge >= 0.3 is 5.97 Å². The van der Waals surface area contributed by atoms with Gasteiger partial charge in [0, 0.05) is 12.8 Å². The zero-order chi connectivity index (χ0) is 64.9. The number of allylic oxidation sites excluding steroid dienone is 7. The van der Waals surface area contributed by atoms with E-state index in [4.69, 9.17) is 4.74 Å². The first-order chi connectivity index (χ1) is 44.5. The highest BCUT2D eigenvalue weighted by Gasteiger charge is 2.18. The first kappa shape index (κ1) is 87.8. The van der Waals surface area contributed by atoms with Crippen molar-refractivity contribution in [2.24, 2.45) is 0 Å². The minimum atomic E-state index is -0.843. The van der Waals surface area contributed by atoms with E-state index in [0.29, 0.717) is 19.4 Å². The van der Waals surface area contributed by atoms with Gasteiger partial charge in [-0.1, -0.05) is 403 Å². The molecule has 0 heterocycles. The molecule has 0 aliphatic carbocycles. The Morgan fingerprint density at radius 1 is 0.311 bits per heavy atom. The van der Waals surface area contributed by atoms with E-state index in [0.717, 1.165) is 51.4 Å². The molecular weight excluding hydrogens is 1100 g/mol. The number of hydrogen-bond donors (Lipinski definition) is 3. The molecule has 2 atom stereocenters. The third kappa shape index (κ3) is 74.9. The minimum absolute atomic E-state index is 0.00696. The number of carbonyl (C=O) groups is 2. The maximum Gasteiger partial charge on any atom is 0.305 e. The maximum atomic E-state index is 12.6. The van der Waals surface area contributed by atoms with E-state index in [2.05, 4.69) is 55.6 Å². The monoisotopic (exact) mass is 1260 g/mol. The summed E-state index contributed by atoms with van der Waals surface area (Å²) in [5.41, 5.74) is 0. The van der Waals surface area contributed by atoms with Crippen LogP contribution in [0.25, 0.3) is 0 Å². The molecule has 2 unspecified atom stereocenters. The van der Waals surface area contributed by atoms with Crippen molar-refractivity contribution in [3.63, 3.8) is 0 Å². The summed E-state index contributed by atoms with van der Waals surface area (Å²) in [7, 11) is 0. The zero-order valence-electron chi connectivity index (χ0n) is 60.9. The third-order valence-corrected chi connectivity index (χ3v) is 19.1. The van der Waals surface area contributed by atoms with Gasteiger partial charge in [0.05, 0.1) is 25.4 Å². The molecule has 0 aromatic carbocycles. The van der Waals surface area contributed by atoms with E-state index < -0.39 is 12.1 Å². The number of esters is 1. The van der Waals surface area contributed by atoms with Crippen molar-refractivity contribution in [2.75, 3.05) is 13.2 Å². The van der Waals surface area contributed by atoms with Crippen molar-refractivity contribution in [3.05, 3.63) is 48.6 Å². The van der Waals surface area contributed by atoms with E-state index in [1.54, 1.807) is 6.08 Å².